The number of nitrogens with two attached hydrogens (primary N) is 1. The molecule has 0 atom stereocenters. The van der Waals surface area contributed by atoms with Crippen LogP contribution in [0.1, 0.15) is 27.0 Å². The SMILES string of the molecule is Cc1nc(C)n(Cc2cc(CN)sc2C)n1. The highest BCUT2D eigenvalue weighted by Gasteiger charge is 2.08. The van der Waals surface area contributed by atoms with Crippen LogP contribution in [0.2, 0.25) is 0 Å². The van der Waals surface area contributed by atoms with Crippen molar-refractivity contribution in [2.75, 3.05) is 0 Å². The molecule has 0 radical (unpaired) electrons. The standard InChI is InChI=1S/C11H16N4S/c1-7-10(4-11(5-12)16-7)6-15-9(3)13-8(2)14-15/h4H,5-6,12H2,1-3H3. The Bertz CT molecular complexity index is 498. The average molecular weight is 236 g/mol. The zero-order chi connectivity index (χ0) is 11.7. The van der Waals surface area contributed by atoms with Crippen molar-refractivity contribution < 1.29 is 0 Å². The van der Waals surface area contributed by atoms with Gasteiger partial charge < -0.3 is 5.73 Å². The lowest BCUT2D eigenvalue weighted by molar-refractivity contribution is 0.655. The monoisotopic (exact) mass is 236 g/mol. The lowest BCUT2D eigenvalue weighted by Crippen LogP contribution is -2.04. The van der Waals surface area contributed by atoms with E-state index in [1.165, 1.54) is 15.3 Å². The molecule has 5 heteroatoms. The molecule has 0 unspecified atom stereocenters. The van der Waals surface area contributed by atoms with Gasteiger partial charge in [-0.3, -0.25) is 0 Å². The van der Waals surface area contributed by atoms with Gasteiger partial charge in [0.15, 0.2) is 0 Å². The maximum atomic E-state index is 5.64. The molecule has 2 aromatic rings. The second-order valence-corrected chi connectivity index (χ2v) is 5.20. The first-order valence-corrected chi connectivity index (χ1v) is 6.08. The van der Waals surface area contributed by atoms with Crippen LogP contribution in [-0.2, 0) is 13.1 Å². The summed E-state index contributed by atoms with van der Waals surface area (Å²) in [5.41, 5.74) is 6.93. The van der Waals surface area contributed by atoms with Gasteiger partial charge in [-0.1, -0.05) is 0 Å². The number of hydrogen-bond donors (Lipinski definition) is 1. The largest absolute Gasteiger partial charge is 0.326 e. The molecule has 0 saturated carbocycles. The van der Waals surface area contributed by atoms with Gasteiger partial charge in [-0.25, -0.2) is 9.67 Å². The summed E-state index contributed by atoms with van der Waals surface area (Å²) in [6.45, 7) is 7.41. The van der Waals surface area contributed by atoms with Gasteiger partial charge in [-0.2, -0.15) is 5.10 Å². The Labute approximate surface area is 99.1 Å². The number of aryl methyl sites for hydroxylation is 3. The van der Waals surface area contributed by atoms with Crippen LogP contribution < -0.4 is 5.73 Å². The number of hydrogen-bond acceptors (Lipinski definition) is 4. The molecular formula is C11H16N4S. The van der Waals surface area contributed by atoms with Gasteiger partial charge >= 0.3 is 0 Å². The van der Waals surface area contributed by atoms with E-state index in [-0.39, 0.29) is 0 Å². The zero-order valence-corrected chi connectivity index (χ0v) is 10.6. The summed E-state index contributed by atoms with van der Waals surface area (Å²) in [6, 6.07) is 2.16. The zero-order valence-electron chi connectivity index (χ0n) is 9.82. The molecule has 16 heavy (non-hydrogen) atoms. The summed E-state index contributed by atoms with van der Waals surface area (Å²) in [5, 5.41) is 4.36. The van der Waals surface area contributed by atoms with E-state index in [1.54, 1.807) is 11.3 Å². The quantitative estimate of drug-likeness (QED) is 0.883. The van der Waals surface area contributed by atoms with Gasteiger partial charge in [-0.15, -0.1) is 11.3 Å². The highest BCUT2D eigenvalue weighted by molar-refractivity contribution is 7.12. The molecule has 2 heterocycles. The predicted molar refractivity (Wildman–Crippen MR) is 65.5 cm³/mol. The van der Waals surface area contributed by atoms with Gasteiger partial charge in [0.25, 0.3) is 0 Å². The smallest absolute Gasteiger partial charge is 0.147 e. The van der Waals surface area contributed by atoms with Crippen molar-refractivity contribution in [1.82, 2.24) is 14.8 Å². The molecule has 4 nitrogen and oxygen atoms in total. The van der Waals surface area contributed by atoms with Crippen molar-refractivity contribution in [2.45, 2.75) is 33.9 Å². The molecule has 86 valence electrons. The fourth-order valence-electron chi connectivity index (χ4n) is 1.72. The topological polar surface area (TPSA) is 56.7 Å². The first-order valence-electron chi connectivity index (χ1n) is 5.26. The summed E-state index contributed by atoms with van der Waals surface area (Å²) in [4.78, 5) is 6.83. The minimum Gasteiger partial charge on any atom is -0.326 e. The molecule has 0 aliphatic carbocycles. The third-order valence-corrected chi connectivity index (χ3v) is 3.67. The molecule has 0 spiro atoms. The van der Waals surface area contributed by atoms with Gasteiger partial charge in [-0.05, 0) is 32.4 Å². The number of thiophene rings is 1. The normalized spacial score (nSPS) is 11.0. The maximum absolute atomic E-state index is 5.64. The summed E-state index contributed by atoms with van der Waals surface area (Å²) in [5.74, 6) is 1.78. The van der Waals surface area contributed by atoms with E-state index < -0.39 is 0 Å². The maximum Gasteiger partial charge on any atom is 0.147 e. The van der Waals surface area contributed by atoms with Crippen molar-refractivity contribution in [3.05, 3.63) is 33.0 Å². The molecule has 0 amide bonds. The lowest BCUT2D eigenvalue weighted by Gasteiger charge is -2.01. The Kier molecular flexibility index (Phi) is 3.07. The van der Waals surface area contributed by atoms with Gasteiger partial charge in [0, 0.05) is 16.3 Å². The van der Waals surface area contributed by atoms with Crippen LogP contribution >= 0.6 is 11.3 Å². The fraction of sp³-hybridized carbons (Fsp3) is 0.455. The Morgan fingerprint density at radius 2 is 2.12 bits per heavy atom. The number of nitrogens with zero attached hydrogens (tertiary/aromatic N) is 3. The van der Waals surface area contributed by atoms with Gasteiger partial charge in [0.05, 0.1) is 6.54 Å². The molecule has 2 rings (SSSR count). The molecular weight excluding hydrogens is 220 g/mol. The van der Waals surface area contributed by atoms with Crippen molar-refractivity contribution in [3.8, 4) is 0 Å². The van der Waals surface area contributed by atoms with Crippen LogP contribution in [0.15, 0.2) is 6.07 Å². The summed E-state index contributed by atoms with van der Waals surface area (Å²) in [6.07, 6.45) is 0. The van der Waals surface area contributed by atoms with Crippen LogP contribution in [0, 0.1) is 20.8 Å². The van der Waals surface area contributed by atoms with Crippen molar-refractivity contribution in [1.29, 1.82) is 0 Å². The summed E-state index contributed by atoms with van der Waals surface area (Å²) >= 11 is 1.76. The van der Waals surface area contributed by atoms with Crippen LogP contribution in [0.25, 0.3) is 0 Å². The fourth-order valence-corrected chi connectivity index (χ4v) is 2.65. The van der Waals surface area contributed by atoms with Gasteiger partial charge in [0.1, 0.15) is 11.6 Å². The first kappa shape index (κ1) is 11.3. The van der Waals surface area contributed by atoms with E-state index in [0.717, 1.165) is 18.2 Å². The predicted octanol–water partition coefficient (Wildman–Crippen LogP) is 1.77. The minimum atomic E-state index is 0.612. The third kappa shape index (κ3) is 2.15. The Morgan fingerprint density at radius 1 is 1.38 bits per heavy atom. The minimum absolute atomic E-state index is 0.612. The van der Waals surface area contributed by atoms with E-state index in [0.29, 0.717) is 6.54 Å². The molecule has 2 aromatic heterocycles. The highest BCUT2D eigenvalue weighted by Crippen LogP contribution is 2.22. The van der Waals surface area contributed by atoms with Crippen LogP contribution in [-0.4, -0.2) is 14.8 Å². The first-order chi connectivity index (χ1) is 7.60. The molecule has 0 bridgehead atoms. The molecule has 0 aromatic carbocycles. The van der Waals surface area contributed by atoms with Crippen molar-refractivity contribution >= 4 is 11.3 Å². The van der Waals surface area contributed by atoms with E-state index in [2.05, 4.69) is 23.1 Å². The number of aromatic nitrogens is 3. The van der Waals surface area contributed by atoms with Crippen LogP contribution in [0.3, 0.4) is 0 Å². The third-order valence-electron chi connectivity index (χ3n) is 2.56. The van der Waals surface area contributed by atoms with Crippen LogP contribution in [0.4, 0.5) is 0 Å². The highest BCUT2D eigenvalue weighted by atomic mass is 32.1. The number of rotatable bonds is 3. The van der Waals surface area contributed by atoms with E-state index in [4.69, 9.17) is 5.73 Å². The molecule has 0 aliphatic heterocycles. The molecule has 0 fully saturated rings. The van der Waals surface area contributed by atoms with Gasteiger partial charge in [0.2, 0.25) is 0 Å². The van der Waals surface area contributed by atoms with Crippen LogP contribution in [0.5, 0.6) is 0 Å². The Hall–Kier alpha value is -1.20. The summed E-state index contributed by atoms with van der Waals surface area (Å²) < 4.78 is 1.94. The second-order valence-electron chi connectivity index (χ2n) is 3.86. The van der Waals surface area contributed by atoms with E-state index in [9.17, 15) is 0 Å². The summed E-state index contributed by atoms with van der Waals surface area (Å²) in [7, 11) is 0. The van der Waals surface area contributed by atoms with E-state index in [1.807, 2.05) is 18.5 Å². The van der Waals surface area contributed by atoms with Crippen molar-refractivity contribution in [3.63, 3.8) is 0 Å². The van der Waals surface area contributed by atoms with Crippen molar-refractivity contribution in [2.24, 2.45) is 5.73 Å². The van der Waals surface area contributed by atoms with E-state index >= 15 is 0 Å². The Morgan fingerprint density at radius 3 is 2.62 bits per heavy atom. The molecule has 2 N–H and O–H groups in total. The second kappa shape index (κ2) is 4.35. The molecule has 0 saturated heterocycles. The average Bonchev–Trinajstić information content (AvgIpc) is 2.72. The Balaban J connectivity index is 2.26. The molecule has 0 aliphatic rings. The lowest BCUT2D eigenvalue weighted by atomic mass is 10.2.